The van der Waals surface area contributed by atoms with Gasteiger partial charge in [-0.3, -0.25) is 0 Å². The Labute approximate surface area is 185 Å². The van der Waals surface area contributed by atoms with Gasteiger partial charge < -0.3 is 10.2 Å². The molecule has 2 N–H and O–H groups in total. The maximum atomic E-state index is 9.99. The molecule has 0 atom stereocenters. The Hall–Kier alpha value is -1.96. The molecule has 0 bridgehead atoms. The minimum absolute atomic E-state index is 0.0199. The smallest absolute Gasteiger partial charge is 0.119 e. The van der Waals surface area contributed by atoms with Crippen LogP contribution in [0.15, 0.2) is 36.4 Å². The van der Waals surface area contributed by atoms with Crippen molar-refractivity contribution in [2.45, 2.75) is 105 Å². The van der Waals surface area contributed by atoms with Crippen LogP contribution in [-0.2, 0) is 21.7 Å². The Balaban J connectivity index is 0.000000300. The highest BCUT2D eigenvalue weighted by Gasteiger charge is 2.28. The van der Waals surface area contributed by atoms with Gasteiger partial charge in [0.1, 0.15) is 11.5 Å². The van der Waals surface area contributed by atoms with E-state index in [1.54, 1.807) is 12.1 Å². The number of phenolic OH excluding ortho intramolecular Hbond substituents is 2. The Morgan fingerprint density at radius 3 is 0.867 bits per heavy atom. The van der Waals surface area contributed by atoms with Crippen LogP contribution in [0.3, 0.4) is 0 Å². The van der Waals surface area contributed by atoms with Crippen molar-refractivity contribution < 1.29 is 10.2 Å². The summed E-state index contributed by atoms with van der Waals surface area (Å²) in [5.74, 6) is 0.824. The molecule has 0 radical (unpaired) electrons. The number of rotatable bonds is 0. The molecule has 0 aromatic heterocycles. The minimum atomic E-state index is -0.0199. The van der Waals surface area contributed by atoms with Gasteiger partial charge in [0.25, 0.3) is 0 Å². The number of benzene rings is 2. The van der Waals surface area contributed by atoms with Gasteiger partial charge in [-0.25, -0.2) is 0 Å². The van der Waals surface area contributed by atoms with E-state index in [0.717, 1.165) is 11.1 Å². The quantitative estimate of drug-likeness (QED) is 0.460. The number of hydrogen-bond donors (Lipinski definition) is 2. The molecule has 0 amide bonds. The Morgan fingerprint density at radius 1 is 0.433 bits per heavy atom. The van der Waals surface area contributed by atoms with E-state index >= 15 is 0 Å². The first-order valence-electron chi connectivity index (χ1n) is 10.9. The standard InChI is InChI=1S/2C14H22O/c2*1-13(2,3)10-8-7-9-11(15)12(10)14(4,5)6/h2*7-9,15H,1-6H3. The molecule has 0 aliphatic rings. The summed E-state index contributed by atoms with van der Waals surface area (Å²) in [7, 11) is 0. The molecule has 2 aromatic rings. The van der Waals surface area contributed by atoms with E-state index in [9.17, 15) is 10.2 Å². The lowest BCUT2D eigenvalue weighted by Gasteiger charge is -2.30. The molecular weight excluding hydrogens is 368 g/mol. The second-order valence-electron chi connectivity index (χ2n) is 12.4. The average Bonchev–Trinajstić information content (AvgIpc) is 2.51. The fraction of sp³-hybridized carbons (Fsp3) is 0.571. The summed E-state index contributed by atoms with van der Waals surface area (Å²) >= 11 is 0. The van der Waals surface area contributed by atoms with Crippen LogP contribution in [-0.4, -0.2) is 10.2 Å². The summed E-state index contributed by atoms with van der Waals surface area (Å²) in [4.78, 5) is 0. The lowest BCUT2D eigenvalue weighted by molar-refractivity contribution is 0.435. The van der Waals surface area contributed by atoms with Crippen LogP contribution in [0, 0.1) is 0 Å². The van der Waals surface area contributed by atoms with Crippen LogP contribution < -0.4 is 0 Å². The monoisotopic (exact) mass is 412 g/mol. The zero-order valence-electron chi connectivity index (χ0n) is 21.4. The van der Waals surface area contributed by atoms with Crippen molar-refractivity contribution in [2.24, 2.45) is 0 Å². The van der Waals surface area contributed by atoms with Crippen LogP contribution >= 0.6 is 0 Å². The predicted molar refractivity (Wildman–Crippen MR) is 131 cm³/mol. The predicted octanol–water partition coefficient (Wildman–Crippen LogP) is 7.97. The van der Waals surface area contributed by atoms with Gasteiger partial charge in [-0.2, -0.15) is 0 Å². The van der Waals surface area contributed by atoms with E-state index in [2.05, 4.69) is 95.2 Å². The first-order chi connectivity index (χ1) is 13.3. The van der Waals surface area contributed by atoms with Gasteiger partial charge in [0, 0.05) is 11.1 Å². The average molecular weight is 413 g/mol. The summed E-state index contributed by atoms with van der Waals surface area (Å²) in [6.45, 7) is 25.9. The molecule has 0 heterocycles. The second kappa shape index (κ2) is 8.65. The summed E-state index contributed by atoms with van der Waals surface area (Å²) in [5.41, 5.74) is 4.70. The summed E-state index contributed by atoms with van der Waals surface area (Å²) in [6, 6.07) is 11.6. The van der Waals surface area contributed by atoms with Gasteiger partial charge in [-0.05, 0) is 44.9 Å². The molecule has 168 valence electrons. The summed E-state index contributed by atoms with van der Waals surface area (Å²) < 4.78 is 0. The Bertz CT molecular complexity index is 775. The molecule has 2 aromatic carbocycles. The highest BCUT2D eigenvalue weighted by atomic mass is 16.3. The summed E-state index contributed by atoms with van der Waals surface area (Å²) in [5, 5.41) is 20.0. The van der Waals surface area contributed by atoms with Gasteiger partial charge >= 0.3 is 0 Å². The van der Waals surface area contributed by atoms with Gasteiger partial charge in [0.05, 0.1) is 0 Å². The van der Waals surface area contributed by atoms with Crippen LogP contribution in [0.4, 0.5) is 0 Å². The molecule has 2 rings (SSSR count). The largest absolute Gasteiger partial charge is 0.508 e. The van der Waals surface area contributed by atoms with Crippen molar-refractivity contribution in [2.75, 3.05) is 0 Å². The van der Waals surface area contributed by atoms with E-state index in [-0.39, 0.29) is 21.7 Å². The molecule has 0 aliphatic heterocycles. The third-order valence-corrected chi connectivity index (χ3v) is 5.20. The fourth-order valence-corrected chi connectivity index (χ4v) is 3.91. The van der Waals surface area contributed by atoms with Gasteiger partial charge in [-0.1, -0.05) is 107 Å². The van der Waals surface area contributed by atoms with Crippen LogP contribution in [0.5, 0.6) is 11.5 Å². The zero-order chi connectivity index (χ0) is 23.7. The lowest BCUT2D eigenvalue weighted by atomic mass is 9.75. The Morgan fingerprint density at radius 2 is 0.700 bits per heavy atom. The summed E-state index contributed by atoms with van der Waals surface area (Å²) in [6.07, 6.45) is 0. The third kappa shape index (κ3) is 6.52. The van der Waals surface area contributed by atoms with E-state index in [4.69, 9.17) is 0 Å². The van der Waals surface area contributed by atoms with Gasteiger partial charge in [0.15, 0.2) is 0 Å². The number of aromatic hydroxyl groups is 2. The fourth-order valence-electron chi connectivity index (χ4n) is 3.91. The molecule has 30 heavy (non-hydrogen) atoms. The van der Waals surface area contributed by atoms with E-state index in [0.29, 0.717) is 11.5 Å². The number of phenols is 2. The van der Waals surface area contributed by atoms with Crippen molar-refractivity contribution in [3.05, 3.63) is 58.7 Å². The molecule has 0 saturated carbocycles. The van der Waals surface area contributed by atoms with Crippen LogP contribution in [0.25, 0.3) is 0 Å². The van der Waals surface area contributed by atoms with Crippen LogP contribution in [0.1, 0.15) is 105 Å². The van der Waals surface area contributed by atoms with Crippen LogP contribution in [0.2, 0.25) is 0 Å². The van der Waals surface area contributed by atoms with Crippen molar-refractivity contribution in [1.29, 1.82) is 0 Å². The molecule has 0 saturated heterocycles. The van der Waals surface area contributed by atoms with Crippen molar-refractivity contribution in [1.82, 2.24) is 0 Å². The molecular formula is C28H44O2. The second-order valence-corrected chi connectivity index (χ2v) is 12.4. The molecule has 2 nitrogen and oxygen atoms in total. The van der Waals surface area contributed by atoms with Crippen molar-refractivity contribution in [3.63, 3.8) is 0 Å². The molecule has 0 spiro atoms. The SMILES string of the molecule is CC(C)(C)c1cccc(O)c1C(C)(C)C.CC(C)(C)c1cccc(O)c1C(C)(C)C. The first kappa shape index (κ1) is 26.1. The molecule has 0 aliphatic carbocycles. The zero-order valence-corrected chi connectivity index (χ0v) is 21.4. The maximum Gasteiger partial charge on any atom is 0.119 e. The van der Waals surface area contributed by atoms with E-state index in [1.165, 1.54) is 11.1 Å². The molecule has 2 heteroatoms. The molecule has 0 fully saturated rings. The van der Waals surface area contributed by atoms with Gasteiger partial charge in [-0.15, -0.1) is 0 Å². The van der Waals surface area contributed by atoms with E-state index < -0.39 is 0 Å². The normalized spacial score (nSPS) is 12.9. The van der Waals surface area contributed by atoms with E-state index in [1.807, 2.05) is 12.1 Å². The number of hydrogen-bond acceptors (Lipinski definition) is 2. The topological polar surface area (TPSA) is 40.5 Å². The van der Waals surface area contributed by atoms with Crippen molar-refractivity contribution in [3.8, 4) is 11.5 Å². The first-order valence-corrected chi connectivity index (χ1v) is 10.9. The maximum absolute atomic E-state index is 9.99. The molecule has 0 unspecified atom stereocenters. The van der Waals surface area contributed by atoms with Gasteiger partial charge in [0.2, 0.25) is 0 Å². The third-order valence-electron chi connectivity index (χ3n) is 5.20. The Kier molecular flexibility index (Phi) is 7.52. The lowest BCUT2D eigenvalue weighted by Crippen LogP contribution is -2.21. The highest BCUT2D eigenvalue weighted by molar-refractivity contribution is 5.47. The van der Waals surface area contributed by atoms with Crippen molar-refractivity contribution >= 4 is 0 Å². The minimum Gasteiger partial charge on any atom is -0.508 e. The highest BCUT2D eigenvalue weighted by Crippen LogP contribution is 2.40.